The maximum absolute atomic E-state index is 12.5. The minimum absolute atomic E-state index is 0.239. The molecule has 0 aliphatic heterocycles. The van der Waals surface area contributed by atoms with E-state index in [2.05, 4.69) is 15.3 Å². The normalized spacial score (nSPS) is 10.6. The van der Waals surface area contributed by atoms with Gasteiger partial charge in [-0.05, 0) is 25.1 Å². The lowest BCUT2D eigenvalue weighted by Crippen LogP contribution is -2.23. The number of hydrogen-bond donors (Lipinski definition) is 3. The summed E-state index contributed by atoms with van der Waals surface area (Å²) < 4.78 is 1.71. The predicted octanol–water partition coefficient (Wildman–Crippen LogP) is 1.90. The zero-order valence-corrected chi connectivity index (χ0v) is 15.0. The van der Waals surface area contributed by atoms with Gasteiger partial charge in [-0.2, -0.15) is 0 Å². The molecule has 0 radical (unpaired) electrons. The lowest BCUT2D eigenvalue weighted by molar-refractivity contribution is 0.0706. The van der Waals surface area contributed by atoms with Crippen molar-refractivity contribution in [1.82, 2.24) is 25.3 Å². The van der Waals surface area contributed by atoms with Gasteiger partial charge < -0.3 is 9.88 Å². The number of pyridine rings is 1. The molecule has 0 aliphatic rings. The summed E-state index contributed by atoms with van der Waals surface area (Å²) in [7, 11) is 1.76. The van der Waals surface area contributed by atoms with Gasteiger partial charge in [-0.1, -0.05) is 6.07 Å². The number of aryl methyl sites for hydroxylation is 2. The predicted molar refractivity (Wildman–Crippen MR) is 95.9 cm³/mol. The first kappa shape index (κ1) is 17.8. The fourth-order valence-electron chi connectivity index (χ4n) is 2.43. The van der Waals surface area contributed by atoms with Gasteiger partial charge in [-0.25, -0.2) is 10.5 Å². The van der Waals surface area contributed by atoms with Crippen molar-refractivity contribution < 1.29 is 14.8 Å². The van der Waals surface area contributed by atoms with Crippen molar-refractivity contribution in [3.8, 4) is 10.7 Å². The third-order valence-electron chi connectivity index (χ3n) is 3.79. The van der Waals surface area contributed by atoms with Crippen LogP contribution in [0.3, 0.4) is 0 Å². The Morgan fingerprint density at radius 2 is 2.12 bits per heavy atom. The smallest absolute Gasteiger partial charge is 0.276 e. The Kier molecular flexibility index (Phi) is 5.10. The standard InChI is InChI=1S/C17H17N5O3S/c1-10-14(26-17(20-10)13-5-3-4-6-18-13)16(24)19-8-12-7-11(9-22(12)2)15(23)21-25/h3-7,9,25H,8H2,1-2H3,(H,19,24)(H,21,23). The molecule has 26 heavy (non-hydrogen) atoms. The molecule has 0 spiro atoms. The number of nitrogens with one attached hydrogen (secondary N) is 2. The summed E-state index contributed by atoms with van der Waals surface area (Å²) in [5.41, 5.74) is 3.99. The molecule has 2 amide bonds. The highest BCUT2D eigenvalue weighted by Crippen LogP contribution is 2.26. The molecule has 0 aliphatic carbocycles. The number of hydroxylamine groups is 1. The molecule has 0 fully saturated rings. The van der Waals surface area contributed by atoms with Crippen molar-refractivity contribution in [3.05, 3.63) is 58.5 Å². The van der Waals surface area contributed by atoms with E-state index in [0.717, 1.165) is 11.4 Å². The molecule has 0 bridgehead atoms. The van der Waals surface area contributed by atoms with Crippen molar-refractivity contribution in [3.63, 3.8) is 0 Å². The highest BCUT2D eigenvalue weighted by atomic mass is 32.1. The quantitative estimate of drug-likeness (QED) is 0.469. The van der Waals surface area contributed by atoms with Crippen molar-refractivity contribution in [2.45, 2.75) is 13.5 Å². The zero-order chi connectivity index (χ0) is 18.7. The zero-order valence-electron chi connectivity index (χ0n) is 14.2. The number of hydrogen-bond acceptors (Lipinski definition) is 6. The number of aromatic nitrogens is 3. The molecular formula is C17H17N5O3S. The van der Waals surface area contributed by atoms with E-state index < -0.39 is 5.91 Å². The molecule has 0 saturated carbocycles. The van der Waals surface area contributed by atoms with E-state index in [1.807, 2.05) is 18.2 Å². The number of amides is 2. The lowest BCUT2D eigenvalue weighted by atomic mass is 10.3. The van der Waals surface area contributed by atoms with E-state index in [1.54, 1.807) is 42.5 Å². The second-order valence-electron chi connectivity index (χ2n) is 5.60. The Bertz CT molecular complexity index is 949. The Morgan fingerprint density at radius 1 is 1.31 bits per heavy atom. The van der Waals surface area contributed by atoms with Crippen LogP contribution in [-0.4, -0.2) is 31.6 Å². The summed E-state index contributed by atoms with van der Waals surface area (Å²) in [5.74, 6) is -0.840. The Morgan fingerprint density at radius 3 is 2.81 bits per heavy atom. The average molecular weight is 371 g/mol. The number of thiazole rings is 1. The summed E-state index contributed by atoms with van der Waals surface area (Å²) in [6.07, 6.45) is 3.26. The van der Waals surface area contributed by atoms with E-state index in [1.165, 1.54) is 11.3 Å². The molecule has 8 nitrogen and oxygen atoms in total. The van der Waals surface area contributed by atoms with E-state index in [4.69, 9.17) is 5.21 Å². The summed E-state index contributed by atoms with van der Waals surface area (Å²) in [6, 6.07) is 7.14. The van der Waals surface area contributed by atoms with Crippen LogP contribution in [-0.2, 0) is 13.6 Å². The molecule has 0 aromatic carbocycles. The van der Waals surface area contributed by atoms with Gasteiger partial charge in [-0.3, -0.25) is 19.8 Å². The Balaban J connectivity index is 1.72. The van der Waals surface area contributed by atoms with Crippen LogP contribution in [0.15, 0.2) is 36.7 Å². The maximum Gasteiger partial charge on any atom is 0.276 e. The molecular weight excluding hydrogens is 354 g/mol. The first-order chi connectivity index (χ1) is 12.5. The Hall–Kier alpha value is -3.04. The van der Waals surface area contributed by atoms with Gasteiger partial charge in [0.25, 0.3) is 11.8 Å². The van der Waals surface area contributed by atoms with Crippen LogP contribution in [0.1, 0.15) is 31.4 Å². The van der Waals surface area contributed by atoms with Crippen LogP contribution in [0, 0.1) is 6.92 Å². The van der Waals surface area contributed by atoms with Crippen LogP contribution in [0.5, 0.6) is 0 Å². The van der Waals surface area contributed by atoms with Crippen LogP contribution < -0.4 is 10.8 Å². The molecule has 0 saturated heterocycles. The minimum Gasteiger partial charge on any atom is -0.352 e. The van der Waals surface area contributed by atoms with Gasteiger partial charge in [0, 0.05) is 25.1 Å². The van der Waals surface area contributed by atoms with E-state index in [9.17, 15) is 9.59 Å². The summed E-state index contributed by atoms with van der Waals surface area (Å²) >= 11 is 1.28. The fourth-order valence-corrected chi connectivity index (χ4v) is 3.39. The van der Waals surface area contributed by atoms with Gasteiger partial charge in [-0.15, -0.1) is 11.3 Å². The summed E-state index contributed by atoms with van der Waals surface area (Å²) in [5, 5.41) is 12.2. The average Bonchev–Trinajstić information content (AvgIpc) is 3.22. The van der Waals surface area contributed by atoms with Crippen LogP contribution >= 0.6 is 11.3 Å². The second-order valence-corrected chi connectivity index (χ2v) is 6.60. The molecule has 3 N–H and O–H groups in total. The van der Waals surface area contributed by atoms with Crippen molar-refractivity contribution in [2.24, 2.45) is 7.05 Å². The van der Waals surface area contributed by atoms with Gasteiger partial charge in [0.15, 0.2) is 0 Å². The minimum atomic E-state index is -0.600. The van der Waals surface area contributed by atoms with E-state index in [-0.39, 0.29) is 12.5 Å². The molecule has 0 atom stereocenters. The van der Waals surface area contributed by atoms with Crippen LogP contribution in [0.4, 0.5) is 0 Å². The number of rotatable bonds is 5. The molecule has 3 aromatic rings. The molecule has 3 heterocycles. The molecule has 9 heteroatoms. The molecule has 0 unspecified atom stereocenters. The summed E-state index contributed by atoms with van der Waals surface area (Å²) in [6.45, 7) is 2.02. The molecule has 3 rings (SSSR count). The first-order valence-electron chi connectivity index (χ1n) is 7.76. The van der Waals surface area contributed by atoms with Gasteiger partial charge >= 0.3 is 0 Å². The van der Waals surface area contributed by atoms with E-state index in [0.29, 0.717) is 21.1 Å². The first-order valence-corrected chi connectivity index (χ1v) is 8.58. The lowest BCUT2D eigenvalue weighted by Gasteiger charge is -2.05. The fraction of sp³-hybridized carbons (Fsp3) is 0.176. The molecule has 3 aromatic heterocycles. The molecule has 134 valence electrons. The van der Waals surface area contributed by atoms with Crippen molar-refractivity contribution in [1.29, 1.82) is 0 Å². The highest BCUT2D eigenvalue weighted by Gasteiger charge is 2.17. The number of carbonyl (C=O) groups excluding carboxylic acids is 2. The van der Waals surface area contributed by atoms with Crippen LogP contribution in [0.2, 0.25) is 0 Å². The summed E-state index contributed by atoms with van der Waals surface area (Å²) in [4.78, 5) is 33.1. The monoisotopic (exact) mass is 371 g/mol. The number of carbonyl (C=O) groups is 2. The van der Waals surface area contributed by atoms with Crippen molar-refractivity contribution >= 4 is 23.2 Å². The second kappa shape index (κ2) is 7.46. The maximum atomic E-state index is 12.5. The SMILES string of the molecule is Cc1nc(-c2ccccn2)sc1C(=O)NCc1cc(C(=O)NO)cn1C. The number of nitrogens with zero attached hydrogens (tertiary/aromatic N) is 3. The largest absolute Gasteiger partial charge is 0.352 e. The third-order valence-corrected chi connectivity index (χ3v) is 4.97. The van der Waals surface area contributed by atoms with E-state index >= 15 is 0 Å². The van der Waals surface area contributed by atoms with Crippen molar-refractivity contribution in [2.75, 3.05) is 0 Å². The van der Waals surface area contributed by atoms with Gasteiger partial charge in [0.05, 0.1) is 23.5 Å². The topological polar surface area (TPSA) is 109 Å². The van der Waals surface area contributed by atoms with Crippen LogP contribution in [0.25, 0.3) is 10.7 Å². The Labute approximate surface area is 153 Å². The third kappa shape index (κ3) is 3.63. The highest BCUT2D eigenvalue weighted by molar-refractivity contribution is 7.17. The van der Waals surface area contributed by atoms with Gasteiger partial charge in [0.2, 0.25) is 0 Å². The van der Waals surface area contributed by atoms with Gasteiger partial charge in [0.1, 0.15) is 9.88 Å².